The van der Waals surface area contributed by atoms with Crippen molar-refractivity contribution in [2.45, 2.75) is 12.3 Å². The summed E-state index contributed by atoms with van der Waals surface area (Å²) in [5.74, 6) is 0.0888. The fraction of sp³-hybridized carbons (Fsp3) is 0.0435. The Bertz CT molecular complexity index is 3000. The molecule has 10 aromatic rings. The van der Waals surface area contributed by atoms with Crippen molar-refractivity contribution in [3.63, 3.8) is 0 Å². The lowest BCUT2D eigenvalue weighted by atomic mass is 9.90. The topological polar surface area (TPSA) is 35.6 Å². The molecule has 0 radical (unpaired) electrons. The first kappa shape index (κ1) is 28.5. The van der Waals surface area contributed by atoms with Crippen LogP contribution in [0.25, 0.3) is 81.6 Å². The number of fused-ring (bicyclic) bond motifs is 10. The summed E-state index contributed by atoms with van der Waals surface area (Å²) in [6.07, 6.45) is 9.32. The Balaban J connectivity index is 1.18. The van der Waals surface area contributed by atoms with Crippen molar-refractivity contribution in [2.75, 3.05) is 0 Å². The number of para-hydroxylation sites is 2. The van der Waals surface area contributed by atoms with E-state index in [4.69, 9.17) is 4.98 Å². The maximum Gasteiger partial charge on any atom is 0.0888 e. The van der Waals surface area contributed by atoms with Gasteiger partial charge < -0.3 is 9.13 Å². The number of hydrogen-bond acceptors (Lipinski definition) is 3. The van der Waals surface area contributed by atoms with E-state index in [0.717, 1.165) is 23.4 Å². The summed E-state index contributed by atoms with van der Waals surface area (Å²) in [5, 5.41) is 6.48. The monoisotopic (exact) mass is 670 g/mol. The van der Waals surface area contributed by atoms with Crippen molar-refractivity contribution in [1.82, 2.24) is 19.1 Å². The van der Waals surface area contributed by atoms with Crippen LogP contribution in [-0.4, -0.2) is 19.1 Å². The highest BCUT2D eigenvalue weighted by atomic mass is 32.1. The zero-order valence-corrected chi connectivity index (χ0v) is 28.4. The number of allylic oxidation sites excluding steroid dienone is 1. The van der Waals surface area contributed by atoms with Crippen molar-refractivity contribution in [1.29, 1.82) is 0 Å². The van der Waals surface area contributed by atoms with Crippen LogP contribution in [0.1, 0.15) is 22.9 Å². The normalized spacial score (nSPS) is 14.3. The average Bonchev–Trinajstić information content (AvgIpc) is 3.85. The molecule has 0 aliphatic heterocycles. The van der Waals surface area contributed by atoms with E-state index < -0.39 is 0 Å². The lowest BCUT2D eigenvalue weighted by molar-refractivity contribution is 0.754. The van der Waals surface area contributed by atoms with Crippen LogP contribution >= 0.6 is 11.3 Å². The molecule has 1 unspecified atom stereocenters. The molecular weight excluding hydrogens is 641 g/mol. The molecule has 4 nitrogen and oxygen atoms in total. The third-order valence-electron chi connectivity index (χ3n) is 10.6. The zero-order chi connectivity index (χ0) is 33.5. The Morgan fingerprint density at radius 1 is 0.569 bits per heavy atom. The second-order valence-electron chi connectivity index (χ2n) is 13.4. The molecule has 0 fully saturated rings. The molecule has 0 saturated heterocycles. The lowest BCUT2D eigenvalue weighted by Gasteiger charge is -2.20. The van der Waals surface area contributed by atoms with E-state index in [2.05, 4.69) is 160 Å². The van der Waals surface area contributed by atoms with E-state index in [1.54, 1.807) is 0 Å². The highest BCUT2D eigenvalue weighted by Gasteiger charge is 2.28. The molecule has 4 heterocycles. The molecule has 1 aliphatic rings. The largest absolute Gasteiger partial charge is 0.313 e. The Morgan fingerprint density at radius 2 is 1.29 bits per heavy atom. The number of benzene rings is 6. The minimum absolute atomic E-state index is 0.0888. The van der Waals surface area contributed by atoms with Crippen LogP contribution in [0.2, 0.25) is 0 Å². The lowest BCUT2D eigenvalue weighted by Crippen LogP contribution is -2.11. The van der Waals surface area contributed by atoms with Gasteiger partial charge in [0.2, 0.25) is 0 Å². The molecule has 0 spiro atoms. The van der Waals surface area contributed by atoms with Gasteiger partial charge in [0.25, 0.3) is 0 Å². The standard InChI is InChI=1S/C46H30N4S/c1-3-11-29(12-4-1)37-27-47-28-38(48-37)30-19-21-36-42(25-30)50(32-20-22-34-33-15-8-10-18-43(33)51-44(34)26-32)41-24-23-40-45(46(36)41)35-16-7-9-17-39(35)49(40)31-13-5-2-6-14-31/h1-24,26-28,30H,25H2. The maximum absolute atomic E-state index is 5.16. The molecule has 0 bridgehead atoms. The van der Waals surface area contributed by atoms with Gasteiger partial charge in [-0.2, -0.15) is 0 Å². The summed E-state index contributed by atoms with van der Waals surface area (Å²) in [6, 6.07) is 50.3. The number of thiophene rings is 1. The SMILES string of the molecule is C1=CC(c2cncc(-c3ccccc3)n2)Cc2c1c1c3c4ccccc4n(-c4ccccc4)c3ccc1n2-c1ccc2c(c1)sc1ccccc12. The zero-order valence-electron chi connectivity index (χ0n) is 27.6. The quantitative estimate of drug-likeness (QED) is 0.187. The van der Waals surface area contributed by atoms with E-state index in [9.17, 15) is 0 Å². The number of hydrogen-bond donors (Lipinski definition) is 0. The molecule has 0 saturated carbocycles. The van der Waals surface area contributed by atoms with Crippen molar-refractivity contribution in [3.05, 3.63) is 175 Å². The van der Waals surface area contributed by atoms with Gasteiger partial charge in [0, 0.05) is 83.1 Å². The fourth-order valence-electron chi connectivity index (χ4n) is 8.30. The van der Waals surface area contributed by atoms with Crippen LogP contribution in [0.4, 0.5) is 0 Å². The van der Waals surface area contributed by atoms with Gasteiger partial charge in [-0.1, -0.05) is 103 Å². The molecule has 51 heavy (non-hydrogen) atoms. The smallest absolute Gasteiger partial charge is 0.0888 e. The van der Waals surface area contributed by atoms with Crippen LogP contribution in [0, 0.1) is 0 Å². The van der Waals surface area contributed by atoms with Crippen LogP contribution < -0.4 is 0 Å². The Labute approximate surface area is 298 Å². The first-order chi connectivity index (χ1) is 25.3. The first-order valence-corrected chi connectivity index (χ1v) is 18.2. The van der Waals surface area contributed by atoms with Crippen LogP contribution in [0.5, 0.6) is 0 Å². The van der Waals surface area contributed by atoms with E-state index in [-0.39, 0.29) is 5.92 Å². The molecule has 4 aromatic heterocycles. The highest BCUT2D eigenvalue weighted by molar-refractivity contribution is 7.25. The summed E-state index contributed by atoms with van der Waals surface area (Å²) < 4.78 is 7.56. The van der Waals surface area contributed by atoms with Gasteiger partial charge in [-0.3, -0.25) is 4.98 Å². The van der Waals surface area contributed by atoms with Gasteiger partial charge in [-0.05, 0) is 48.5 Å². The summed E-state index contributed by atoms with van der Waals surface area (Å²) in [6.45, 7) is 0. The minimum atomic E-state index is 0.0888. The second kappa shape index (κ2) is 11.1. The van der Waals surface area contributed by atoms with Crippen molar-refractivity contribution < 1.29 is 0 Å². The van der Waals surface area contributed by atoms with Gasteiger partial charge in [0.15, 0.2) is 0 Å². The maximum atomic E-state index is 5.16. The predicted molar refractivity (Wildman–Crippen MR) is 213 cm³/mol. The summed E-state index contributed by atoms with van der Waals surface area (Å²) in [7, 11) is 0. The van der Waals surface area contributed by atoms with E-state index in [0.29, 0.717) is 0 Å². The predicted octanol–water partition coefficient (Wildman–Crippen LogP) is 11.9. The van der Waals surface area contributed by atoms with E-state index in [1.165, 1.54) is 75.5 Å². The molecule has 1 atom stereocenters. The number of nitrogens with zero attached hydrogens (tertiary/aromatic N) is 4. The van der Waals surface area contributed by atoms with Crippen LogP contribution in [0.3, 0.4) is 0 Å². The molecule has 1 aliphatic carbocycles. The van der Waals surface area contributed by atoms with E-state index in [1.807, 2.05) is 29.8 Å². The van der Waals surface area contributed by atoms with Crippen molar-refractivity contribution in [2.24, 2.45) is 0 Å². The molecular formula is C46H30N4S. The molecule has 0 amide bonds. The number of rotatable bonds is 4. The highest BCUT2D eigenvalue weighted by Crippen LogP contribution is 2.45. The second-order valence-corrected chi connectivity index (χ2v) is 14.5. The molecule has 6 aromatic carbocycles. The van der Waals surface area contributed by atoms with E-state index >= 15 is 0 Å². The van der Waals surface area contributed by atoms with Gasteiger partial charge >= 0.3 is 0 Å². The third kappa shape index (κ3) is 4.32. The Hall–Kier alpha value is -6.30. The summed E-state index contributed by atoms with van der Waals surface area (Å²) >= 11 is 1.87. The molecule has 5 heteroatoms. The van der Waals surface area contributed by atoms with Crippen LogP contribution in [0.15, 0.2) is 158 Å². The Kier molecular flexibility index (Phi) is 6.21. The Morgan fingerprint density at radius 3 is 2.16 bits per heavy atom. The van der Waals surface area contributed by atoms with Crippen molar-refractivity contribution >= 4 is 70.3 Å². The molecule has 240 valence electrons. The minimum Gasteiger partial charge on any atom is -0.313 e. The van der Waals surface area contributed by atoms with Crippen molar-refractivity contribution in [3.8, 4) is 22.6 Å². The summed E-state index contributed by atoms with van der Waals surface area (Å²) in [5.41, 5.74) is 11.5. The van der Waals surface area contributed by atoms with Crippen LogP contribution in [-0.2, 0) is 6.42 Å². The van der Waals surface area contributed by atoms with Gasteiger partial charge in [0.1, 0.15) is 0 Å². The fourth-order valence-corrected chi connectivity index (χ4v) is 9.44. The van der Waals surface area contributed by atoms with Gasteiger partial charge in [-0.25, -0.2) is 4.98 Å². The van der Waals surface area contributed by atoms with Gasteiger partial charge in [-0.15, -0.1) is 11.3 Å². The number of aromatic nitrogens is 4. The van der Waals surface area contributed by atoms with Gasteiger partial charge in [0.05, 0.1) is 34.1 Å². The first-order valence-electron chi connectivity index (χ1n) is 17.4. The average molecular weight is 671 g/mol. The summed E-state index contributed by atoms with van der Waals surface area (Å²) in [4.78, 5) is 9.84. The molecule has 11 rings (SSSR count). The molecule has 0 N–H and O–H groups in total. The third-order valence-corrected chi connectivity index (χ3v) is 11.7.